The number of carbonyl (C=O) groups is 2. The van der Waals surface area contributed by atoms with Gasteiger partial charge in [-0.3, -0.25) is 9.59 Å². The summed E-state index contributed by atoms with van der Waals surface area (Å²) >= 11 is 0. The van der Waals surface area contributed by atoms with Crippen molar-refractivity contribution in [3.8, 4) is 0 Å². The molecular weight excluding hydrogens is 242 g/mol. The summed E-state index contributed by atoms with van der Waals surface area (Å²) in [6.45, 7) is 5.99. The van der Waals surface area contributed by atoms with Crippen LogP contribution < -0.4 is 5.32 Å². The molecule has 0 bridgehead atoms. The van der Waals surface area contributed by atoms with Crippen LogP contribution in [0.1, 0.15) is 48.9 Å². The molecule has 0 aliphatic heterocycles. The summed E-state index contributed by atoms with van der Waals surface area (Å²) in [5.41, 5.74) is 3.44. The van der Waals surface area contributed by atoms with Gasteiger partial charge in [0.05, 0.1) is 6.04 Å². The maximum atomic E-state index is 11.7. The first kappa shape index (κ1) is 15.2. The smallest absolute Gasteiger partial charge is 0.303 e. The van der Waals surface area contributed by atoms with Crippen LogP contribution >= 0.6 is 0 Å². The highest BCUT2D eigenvalue weighted by Gasteiger charge is 2.11. The van der Waals surface area contributed by atoms with Crippen LogP contribution in [0.3, 0.4) is 0 Å². The van der Waals surface area contributed by atoms with Crippen molar-refractivity contribution in [2.45, 2.75) is 46.1 Å². The van der Waals surface area contributed by atoms with Crippen LogP contribution in [0.4, 0.5) is 0 Å². The second-order valence-corrected chi connectivity index (χ2v) is 4.90. The molecule has 19 heavy (non-hydrogen) atoms. The van der Waals surface area contributed by atoms with E-state index >= 15 is 0 Å². The zero-order valence-corrected chi connectivity index (χ0v) is 11.7. The minimum Gasteiger partial charge on any atom is -0.481 e. The molecule has 1 amide bonds. The number of aliphatic carboxylic acids is 1. The van der Waals surface area contributed by atoms with E-state index in [1.165, 1.54) is 5.56 Å². The zero-order valence-electron chi connectivity index (χ0n) is 11.7. The van der Waals surface area contributed by atoms with Crippen molar-refractivity contribution in [2.24, 2.45) is 0 Å². The van der Waals surface area contributed by atoms with E-state index in [1.54, 1.807) is 0 Å². The number of carbonyl (C=O) groups excluding carboxylic acids is 1. The summed E-state index contributed by atoms with van der Waals surface area (Å²) in [4.78, 5) is 22.1. The van der Waals surface area contributed by atoms with Gasteiger partial charge in [-0.2, -0.15) is 0 Å². The zero-order chi connectivity index (χ0) is 14.4. The third-order valence-electron chi connectivity index (χ3n) is 3.06. The molecule has 0 radical (unpaired) electrons. The predicted octanol–water partition coefficient (Wildman–Crippen LogP) is 2.74. The van der Waals surface area contributed by atoms with Gasteiger partial charge in [-0.15, -0.1) is 0 Å². The summed E-state index contributed by atoms with van der Waals surface area (Å²) in [5.74, 6) is -0.969. The minimum absolute atomic E-state index is 0.0331. The lowest BCUT2D eigenvalue weighted by atomic mass is 10.00. The highest BCUT2D eigenvalue weighted by Crippen LogP contribution is 2.18. The van der Waals surface area contributed by atoms with E-state index in [2.05, 4.69) is 11.4 Å². The predicted molar refractivity (Wildman–Crippen MR) is 74.0 cm³/mol. The Bertz CT molecular complexity index is 468. The van der Waals surface area contributed by atoms with Crippen molar-refractivity contribution in [3.63, 3.8) is 0 Å². The summed E-state index contributed by atoms with van der Waals surface area (Å²) in [6.07, 6.45) is 0.660. The third kappa shape index (κ3) is 5.12. The third-order valence-corrected chi connectivity index (χ3v) is 3.06. The Labute approximate surface area is 113 Å². The van der Waals surface area contributed by atoms with Crippen molar-refractivity contribution in [2.75, 3.05) is 0 Å². The van der Waals surface area contributed by atoms with Gasteiger partial charge in [-0.1, -0.05) is 23.8 Å². The van der Waals surface area contributed by atoms with Gasteiger partial charge in [0.25, 0.3) is 0 Å². The Kier molecular flexibility index (Phi) is 5.55. The van der Waals surface area contributed by atoms with Gasteiger partial charge in [0.15, 0.2) is 0 Å². The topological polar surface area (TPSA) is 66.4 Å². The molecule has 0 aromatic heterocycles. The second-order valence-electron chi connectivity index (χ2n) is 4.90. The molecule has 0 saturated carbocycles. The fraction of sp³-hybridized carbons (Fsp3) is 0.467. The van der Waals surface area contributed by atoms with E-state index < -0.39 is 5.97 Å². The summed E-state index contributed by atoms with van der Waals surface area (Å²) < 4.78 is 0. The molecule has 0 spiro atoms. The number of carboxylic acid groups (broad SMARTS) is 1. The summed E-state index contributed by atoms with van der Waals surface area (Å²) in [6, 6.07) is 6.07. The van der Waals surface area contributed by atoms with Crippen LogP contribution in [-0.4, -0.2) is 17.0 Å². The number of benzene rings is 1. The van der Waals surface area contributed by atoms with E-state index in [9.17, 15) is 9.59 Å². The Hall–Kier alpha value is -1.84. The molecule has 104 valence electrons. The molecule has 0 aliphatic rings. The normalized spacial score (nSPS) is 11.9. The second kappa shape index (κ2) is 6.92. The van der Waals surface area contributed by atoms with Gasteiger partial charge < -0.3 is 10.4 Å². The SMILES string of the molecule is Cc1ccc(C(C)NC(=O)CCCC(=O)O)c(C)c1. The molecule has 4 heteroatoms. The monoisotopic (exact) mass is 263 g/mol. The number of rotatable bonds is 6. The largest absolute Gasteiger partial charge is 0.481 e. The van der Waals surface area contributed by atoms with Crippen molar-refractivity contribution in [1.29, 1.82) is 0 Å². The van der Waals surface area contributed by atoms with Crippen LogP contribution in [0.15, 0.2) is 18.2 Å². The van der Waals surface area contributed by atoms with Crippen molar-refractivity contribution in [1.82, 2.24) is 5.32 Å². The average Bonchev–Trinajstić information content (AvgIpc) is 2.27. The Morgan fingerprint density at radius 3 is 2.53 bits per heavy atom. The van der Waals surface area contributed by atoms with Gasteiger partial charge in [0.1, 0.15) is 0 Å². The van der Waals surface area contributed by atoms with Gasteiger partial charge in [0.2, 0.25) is 5.91 Å². The molecule has 0 aliphatic carbocycles. The molecule has 1 aromatic rings. The lowest BCUT2D eigenvalue weighted by Crippen LogP contribution is -2.27. The molecule has 4 nitrogen and oxygen atoms in total. The molecule has 1 atom stereocenters. The van der Waals surface area contributed by atoms with Gasteiger partial charge in [0, 0.05) is 12.8 Å². The quantitative estimate of drug-likeness (QED) is 0.829. The lowest BCUT2D eigenvalue weighted by Gasteiger charge is -2.17. The number of nitrogens with one attached hydrogen (secondary N) is 1. The number of amides is 1. The Morgan fingerprint density at radius 1 is 1.26 bits per heavy atom. The fourth-order valence-corrected chi connectivity index (χ4v) is 2.10. The van der Waals surface area contributed by atoms with E-state index in [0.717, 1.165) is 11.1 Å². The Balaban J connectivity index is 2.52. The van der Waals surface area contributed by atoms with Gasteiger partial charge >= 0.3 is 5.97 Å². The number of hydrogen-bond acceptors (Lipinski definition) is 2. The van der Waals surface area contributed by atoms with Crippen molar-refractivity contribution in [3.05, 3.63) is 34.9 Å². The van der Waals surface area contributed by atoms with Crippen molar-refractivity contribution >= 4 is 11.9 Å². The average molecular weight is 263 g/mol. The molecule has 0 fully saturated rings. The van der Waals surface area contributed by atoms with Crippen LogP contribution in [0.5, 0.6) is 0 Å². The number of carboxylic acids is 1. The Morgan fingerprint density at radius 2 is 1.95 bits per heavy atom. The highest BCUT2D eigenvalue weighted by molar-refractivity contribution is 5.77. The van der Waals surface area contributed by atoms with E-state index in [1.807, 2.05) is 32.9 Å². The lowest BCUT2D eigenvalue weighted by molar-refractivity contribution is -0.137. The molecule has 1 rings (SSSR count). The summed E-state index contributed by atoms with van der Waals surface area (Å²) in [5, 5.41) is 11.4. The van der Waals surface area contributed by atoms with E-state index in [-0.39, 0.29) is 24.8 Å². The van der Waals surface area contributed by atoms with E-state index in [4.69, 9.17) is 5.11 Å². The molecule has 0 saturated heterocycles. The fourth-order valence-electron chi connectivity index (χ4n) is 2.10. The van der Waals surface area contributed by atoms with Crippen LogP contribution in [-0.2, 0) is 9.59 Å². The minimum atomic E-state index is -0.866. The standard InChI is InChI=1S/C15H21NO3/c1-10-7-8-13(11(2)9-10)12(3)16-14(17)5-4-6-15(18)19/h7-9,12H,4-6H2,1-3H3,(H,16,17)(H,18,19). The van der Waals surface area contributed by atoms with E-state index in [0.29, 0.717) is 6.42 Å². The molecule has 1 unspecified atom stereocenters. The first-order valence-electron chi connectivity index (χ1n) is 6.48. The van der Waals surface area contributed by atoms with Crippen LogP contribution in [0.2, 0.25) is 0 Å². The van der Waals surface area contributed by atoms with Crippen LogP contribution in [0.25, 0.3) is 0 Å². The first-order valence-corrected chi connectivity index (χ1v) is 6.48. The van der Waals surface area contributed by atoms with Gasteiger partial charge in [-0.05, 0) is 38.3 Å². The van der Waals surface area contributed by atoms with Crippen molar-refractivity contribution < 1.29 is 14.7 Å². The maximum Gasteiger partial charge on any atom is 0.303 e. The van der Waals surface area contributed by atoms with Crippen LogP contribution in [0, 0.1) is 13.8 Å². The molecular formula is C15H21NO3. The van der Waals surface area contributed by atoms with Gasteiger partial charge in [-0.25, -0.2) is 0 Å². The molecule has 1 aromatic carbocycles. The first-order chi connectivity index (χ1) is 8.90. The number of hydrogen-bond donors (Lipinski definition) is 2. The molecule has 0 heterocycles. The number of aryl methyl sites for hydroxylation is 2. The summed E-state index contributed by atoms with van der Waals surface area (Å²) in [7, 11) is 0. The molecule has 2 N–H and O–H groups in total. The maximum absolute atomic E-state index is 11.7. The highest BCUT2D eigenvalue weighted by atomic mass is 16.4.